The fourth-order valence-corrected chi connectivity index (χ4v) is 3.62. The molecule has 2 N–H and O–H groups in total. The quantitative estimate of drug-likeness (QED) is 0.618. The highest BCUT2D eigenvalue weighted by atomic mass is 15.3. The molecule has 4 rings (SSSR count). The second kappa shape index (κ2) is 8.90. The number of piperidine rings is 1. The first-order valence-corrected chi connectivity index (χ1v) is 10.3. The lowest BCUT2D eigenvalue weighted by Gasteiger charge is -2.32. The van der Waals surface area contributed by atoms with Gasteiger partial charge >= 0.3 is 0 Å². The highest BCUT2D eigenvalue weighted by Gasteiger charge is 2.16. The molecule has 3 aromatic rings. The predicted octanol–water partition coefficient (Wildman–Crippen LogP) is 5.02. The average Bonchev–Trinajstić information content (AvgIpc) is 2.76. The molecular weight excluding hydrogens is 360 g/mol. The van der Waals surface area contributed by atoms with Crippen LogP contribution in [-0.4, -0.2) is 28.3 Å². The van der Waals surface area contributed by atoms with Crippen LogP contribution >= 0.6 is 0 Å². The third kappa shape index (κ3) is 5.02. The molecular formula is C23H28N6. The largest absolute Gasteiger partial charge is 0.372 e. The van der Waals surface area contributed by atoms with E-state index in [2.05, 4.69) is 81.0 Å². The molecule has 1 fully saturated rings. The molecule has 0 amide bonds. The van der Waals surface area contributed by atoms with E-state index >= 15 is 0 Å². The van der Waals surface area contributed by atoms with Crippen molar-refractivity contribution in [2.24, 2.45) is 5.92 Å². The second-order valence-electron chi connectivity index (χ2n) is 7.78. The van der Waals surface area contributed by atoms with Crippen LogP contribution < -0.4 is 15.5 Å². The molecule has 2 heterocycles. The van der Waals surface area contributed by atoms with Gasteiger partial charge in [-0.15, -0.1) is 5.10 Å². The fourth-order valence-electron chi connectivity index (χ4n) is 3.62. The average molecular weight is 389 g/mol. The molecule has 1 aliphatic heterocycles. The van der Waals surface area contributed by atoms with E-state index < -0.39 is 0 Å². The van der Waals surface area contributed by atoms with E-state index in [0.717, 1.165) is 24.7 Å². The maximum Gasteiger partial charge on any atom is 0.249 e. The van der Waals surface area contributed by atoms with Crippen LogP contribution in [0.2, 0.25) is 0 Å². The van der Waals surface area contributed by atoms with E-state index in [0.29, 0.717) is 11.8 Å². The molecule has 29 heavy (non-hydrogen) atoms. The minimum absolute atomic E-state index is 0.132. The number of nitrogens with one attached hydrogen (secondary N) is 2. The van der Waals surface area contributed by atoms with E-state index in [-0.39, 0.29) is 6.04 Å². The summed E-state index contributed by atoms with van der Waals surface area (Å²) in [6.07, 6.45) is 4.17. The lowest BCUT2D eigenvalue weighted by molar-refractivity contribution is 0.438. The van der Waals surface area contributed by atoms with Crippen LogP contribution in [0.15, 0.2) is 60.8 Å². The third-order valence-corrected chi connectivity index (χ3v) is 5.50. The van der Waals surface area contributed by atoms with Gasteiger partial charge in [-0.05, 0) is 55.5 Å². The summed E-state index contributed by atoms with van der Waals surface area (Å²) in [6, 6.07) is 18.9. The van der Waals surface area contributed by atoms with Crippen molar-refractivity contribution in [3.05, 3.63) is 66.4 Å². The minimum Gasteiger partial charge on any atom is -0.372 e. The number of hydrogen-bond donors (Lipinski definition) is 2. The number of rotatable bonds is 6. The summed E-state index contributed by atoms with van der Waals surface area (Å²) in [5.41, 5.74) is 3.42. The van der Waals surface area contributed by atoms with Crippen LogP contribution in [0.1, 0.15) is 38.3 Å². The van der Waals surface area contributed by atoms with Crippen molar-refractivity contribution in [1.82, 2.24) is 15.2 Å². The van der Waals surface area contributed by atoms with Crippen LogP contribution in [0, 0.1) is 5.92 Å². The Kier molecular flexibility index (Phi) is 5.89. The molecule has 0 saturated carbocycles. The Labute approximate surface area is 172 Å². The number of benzene rings is 2. The Hall–Kier alpha value is -3.15. The Bertz CT molecular complexity index is 904. The van der Waals surface area contributed by atoms with Crippen molar-refractivity contribution in [3.63, 3.8) is 0 Å². The van der Waals surface area contributed by atoms with Gasteiger partial charge in [0, 0.05) is 30.5 Å². The zero-order valence-electron chi connectivity index (χ0n) is 17.0. The molecule has 2 aromatic carbocycles. The predicted molar refractivity (Wildman–Crippen MR) is 119 cm³/mol. The summed E-state index contributed by atoms with van der Waals surface area (Å²) in [7, 11) is 0. The SMILES string of the molecule is CC1CCN(c2ccc(Nc3nncc(NC(C)c4ccccc4)n3)cc2)CC1. The Morgan fingerprint density at radius 2 is 1.72 bits per heavy atom. The van der Waals surface area contributed by atoms with Gasteiger partial charge in [0.15, 0.2) is 5.82 Å². The Morgan fingerprint density at radius 1 is 1.00 bits per heavy atom. The molecule has 0 aliphatic carbocycles. The van der Waals surface area contributed by atoms with Gasteiger partial charge in [-0.3, -0.25) is 0 Å². The topological polar surface area (TPSA) is 66.0 Å². The summed E-state index contributed by atoms with van der Waals surface area (Å²) in [5.74, 6) is 2.01. The van der Waals surface area contributed by atoms with E-state index in [9.17, 15) is 0 Å². The maximum absolute atomic E-state index is 4.55. The summed E-state index contributed by atoms with van der Waals surface area (Å²) in [5, 5.41) is 14.8. The van der Waals surface area contributed by atoms with Gasteiger partial charge in [0.2, 0.25) is 5.95 Å². The minimum atomic E-state index is 0.132. The molecule has 1 saturated heterocycles. The van der Waals surface area contributed by atoms with Crippen molar-refractivity contribution in [2.75, 3.05) is 28.6 Å². The molecule has 1 unspecified atom stereocenters. The second-order valence-corrected chi connectivity index (χ2v) is 7.78. The van der Waals surface area contributed by atoms with E-state index in [4.69, 9.17) is 0 Å². The highest BCUT2D eigenvalue weighted by Crippen LogP contribution is 2.25. The van der Waals surface area contributed by atoms with Gasteiger partial charge in [-0.1, -0.05) is 37.3 Å². The number of nitrogens with zero attached hydrogens (tertiary/aromatic N) is 4. The highest BCUT2D eigenvalue weighted by molar-refractivity contribution is 5.59. The fraction of sp³-hybridized carbons (Fsp3) is 0.348. The molecule has 6 heteroatoms. The van der Waals surface area contributed by atoms with Crippen LogP contribution in [0.5, 0.6) is 0 Å². The van der Waals surface area contributed by atoms with Gasteiger partial charge in [0.25, 0.3) is 0 Å². The van der Waals surface area contributed by atoms with Crippen LogP contribution in [-0.2, 0) is 0 Å². The monoisotopic (exact) mass is 388 g/mol. The summed E-state index contributed by atoms with van der Waals surface area (Å²) < 4.78 is 0. The van der Waals surface area contributed by atoms with Gasteiger partial charge in [-0.25, -0.2) is 0 Å². The van der Waals surface area contributed by atoms with Crippen LogP contribution in [0.25, 0.3) is 0 Å². The number of aromatic nitrogens is 3. The van der Waals surface area contributed by atoms with Gasteiger partial charge in [0.1, 0.15) is 0 Å². The maximum atomic E-state index is 4.55. The first-order valence-electron chi connectivity index (χ1n) is 10.3. The normalized spacial score (nSPS) is 15.7. The lowest BCUT2D eigenvalue weighted by atomic mass is 9.99. The first kappa shape index (κ1) is 19.2. The van der Waals surface area contributed by atoms with Crippen molar-refractivity contribution >= 4 is 23.1 Å². The van der Waals surface area contributed by atoms with Crippen molar-refractivity contribution < 1.29 is 0 Å². The zero-order valence-corrected chi connectivity index (χ0v) is 17.0. The van der Waals surface area contributed by atoms with Crippen molar-refractivity contribution in [2.45, 2.75) is 32.7 Å². The van der Waals surface area contributed by atoms with E-state index in [1.54, 1.807) is 6.20 Å². The lowest BCUT2D eigenvalue weighted by Crippen LogP contribution is -2.32. The van der Waals surface area contributed by atoms with Crippen LogP contribution in [0.3, 0.4) is 0 Å². The standard InChI is InChI=1S/C23H28N6/c1-17-12-14-29(15-13-17)21-10-8-20(9-11-21)26-23-27-22(16-24-28-23)25-18(2)19-6-4-3-5-7-19/h3-11,16-18H,12-15H2,1-2H3,(H2,25,26,27,28). The van der Waals surface area contributed by atoms with Crippen LogP contribution in [0.4, 0.5) is 23.1 Å². The first-order chi connectivity index (χ1) is 14.2. The van der Waals surface area contributed by atoms with E-state index in [1.807, 2.05) is 18.2 Å². The van der Waals surface area contributed by atoms with Gasteiger partial charge in [-0.2, -0.15) is 10.1 Å². The summed E-state index contributed by atoms with van der Waals surface area (Å²) >= 11 is 0. The molecule has 1 aromatic heterocycles. The molecule has 0 radical (unpaired) electrons. The van der Waals surface area contributed by atoms with Gasteiger partial charge < -0.3 is 15.5 Å². The Morgan fingerprint density at radius 3 is 2.45 bits per heavy atom. The summed E-state index contributed by atoms with van der Waals surface area (Å²) in [6.45, 7) is 6.70. The molecule has 0 bridgehead atoms. The molecule has 1 atom stereocenters. The number of anilines is 4. The smallest absolute Gasteiger partial charge is 0.249 e. The third-order valence-electron chi connectivity index (χ3n) is 5.50. The zero-order chi connectivity index (χ0) is 20.1. The molecule has 0 spiro atoms. The van der Waals surface area contributed by atoms with Gasteiger partial charge in [0.05, 0.1) is 6.20 Å². The van der Waals surface area contributed by atoms with E-state index in [1.165, 1.54) is 24.1 Å². The molecule has 150 valence electrons. The van der Waals surface area contributed by atoms with Crippen molar-refractivity contribution in [3.8, 4) is 0 Å². The molecule has 6 nitrogen and oxygen atoms in total. The number of hydrogen-bond acceptors (Lipinski definition) is 6. The summed E-state index contributed by atoms with van der Waals surface area (Å²) in [4.78, 5) is 7.00. The van der Waals surface area contributed by atoms with Crippen molar-refractivity contribution in [1.29, 1.82) is 0 Å². The Balaban J connectivity index is 1.39. The molecule has 1 aliphatic rings.